The fourth-order valence-electron chi connectivity index (χ4n) is 1.92. The molecule has 17 heavy (non-hydrogen) atoms. The number of likely N-dealkylation sites (N-methyl/N-ethyl adjacent to an activating group) is 1. The Bertz CT molecular complexity index is 409. The lowest BCUT2D eigenvalue weighted by molar-refractivity contribution is 0.0339. The van der Waals surface area contributed by atoms with E-state index in [4.69, 9.17) is 10.00 Å². The molecule has 1 atom stereocenters. The first-order chi connectivity index (χ1) is 8.31. The molecule has 1 fully saturated rings. The zero-order chi connectivity index (χ0) is 12.1. The largest absolute Gasteiger partial charge is 0.374 e. The van der Waals surface area contributed by atoms with Crippen molar-refractivity contribution in [2.24, 2.45) is 0 Å². The highest BCUT2D eigenvalue weighted by Gasteiger charge is 2.17. The summed E-state index contributed by atoms with van der Waals surface area (Å²) in [6.45, 7) is 3.23. The molecular weight excluding hydrogens is 216 g/mol. The molecule has 5 nitrogen and oxygen atoms in total. The number of ether oxygens (including phenoxy) is 1. The second kappa shape index (κ2) is 5.62. The molecule has 0 aromatic carbocycles. The fraction of sp³-hybridized carbons (Fsp3) is 0.500. The van der Waals surface area contributed by atoms with Crippen molar-refractivity contribution < 1.29 is 4.74 Å². The Morgan fingerprint density at radius 2 is 2.59 bits per heavy atom. The third kappa shape index (κ3) is 2.93. The summed E-state index contributed by atoms with van der Waals surface area (Å²) >= 11 is 0. The van der Waals surface area contributed by atoms with E-state index < -0.39 is 0 Å². The van der Waals surface area contributed by atoms with Crippen LogP contribution >= 0.6 is 0 Å². The Hall–Kier alpha value is -1.64. The summed E-state index contributed by atoms with van der Waals surface area (Å²) in [5.74, 6) is 0.712. The Kier molecular flexibility index (Phi) is 3.91. The zero-order valence-electron chi connectivity index (χ0n) is 9.89. The van der Waals surface area contributed by atoms with Crippen LogP contribution in [0.15, 0.2) is 18.3 Å². The van der Waals surface area contributed by atoms with Gasteiger partial charge >= 0.3 is 0 Å². The minimum atomic E-state index is 0.155. The lowest BCUT2D eigenvalue weighted by atomic mass is 10.2. The van der Waals surface area contributed by atoms with Gasteiger partial charge in [0.05, 0.1) is 18.3 Å². The fourth-order valence-corrected chi connectivity index (χ4v) is 1.92. The number of nitrogens with zero attached hydrogens (tertiary/aromatic N) is 3. The Balaban J connectivity index is 2.03. The van der Waals surface area contributed by atoms with E-state index >= 15 is 0 Å². The van der Waals surface area contributed by atoms with Crippen LogP contribution < -0.4 is 10.2 Å². The Morgan fingerprint density at radius 3 is 3.29 bits per heavy atom. The lowest BCUT2D eigenvalue weighted by Crippen LogP contribution is -2.44. The van der Waals surface area contributed by atoms with E-state index in [1.54, 1.807) is 18.3 Å². The number of pyridine rings is 1. The zero-order valence-corrected chi connectivity index (χ0v) is 9.89. The van der Waals surface area contributed by atoms with Gasteiger partial charge in [0.1, 0.15) is 11.9 Å². The van der Waals surface area contributed by atoms with Gasteiger partial charge in [-0.3, -0.25) is 0 Å². The molecule has 1 N–H and O–H groups in total. The highest BCUT2D eigenvalue weighted by molar-refractivity contribution is 5.52. The van der Waals surface area contributed by atoms with Gasteiger partial charge in [-0.15, -0.1) is 0 Å². The summed E-state index contributed by atoms with van der Waals surface area (Å²) in [6.07, 6.45) is 1.86. The Labute approximate surface area is 101 Å². The number of hydrogen-bond acceptors (Lipinski definition) is 5. The van der Waals surface area contributed by atoms with Gasteiger partial charge in [0, 0.05) is 32.9 Å². The molecule has 1 aromatic heterocycles. The van der Waals surface area contributed by atoms with E-state index in [-0.39, 0.29) is 6.10 Å². The van der Waals surface area contributed by atoms with Crippen molar-refractivity contribution in [3.05, 3.63) is 23.9 Å². The maximum Gasteiger partial charge on any atom is 0.146 e. The van der Waals surface area contributed by atoms with Crippen LogP contribution in [0.1, 0.15) is 5.56 Å². The molecule has 2 rings (SSSR count). The summed E-state index contributed by atoms with van der Waals surface area (Å²) in [4.78, 5) is 6.21. The van der Waals surface area contributed by atoms with Gasteiger partial charge in [-0.25, -0.2) is 4.98 Å². The Morgan fingerprint density at radius 1 is 1.71 bits per heavy atom. The molecule has 1 aromatic rings. The van der Waals surface area contributed by atoms with Gasteiger partial charge in [-0.1, -0.05) is 0 Å². The molecule has 1 aliphatic rings. The maximum absolute atomic E-state index is 9.01. The van der Waals surface area contributed by atoms with Gasteiger partial charge in [0.15, 0.2) is 0 Å². The smallest absolute Gasteiger partial charge is 0.146 e. The summed E-state index contributed by atoms with van der Waals surface area (Å²) < 4.78 is 5.63. The van der Waals surface area contributed by atoms with Crippen molar-refractivity contribution >= 4 is 5.82 Å². The van der Waals surface area contributed by atoms with Gasteiger partial charge in [-0.2, -0.15) is 5.26 Å². The molecule has 0 aliphatic carbocycles. The van der Waals surface area contributed by atoms with Gasteiger partial charge in [0.25, 0.3) is 0 Å². The van der Waals surface area contributed by atoms with Crippen LogP contribution in [0.2, 0.25) is 0 Å². The molecule has 0 amide bonds. The molecule has 0 saturated carbocycles. The van der Waals surface area contributed by atoms with Crippen LogP contribution in [0, 0.1) is 11.3 Å². The number of hydrogen-bond donors (Lipinski definition) is 1. The van der Waals surface area contributed by atoms with Crippen LogP contribution in [-0.2, 0) is 4.74 Å². The molecule has 90 valence electrons. The van der Waals surface area contributed by atoms with E-state index in [0.717, 1.165) is 26.2 Å². The van der Waals surface area contributed by atoms with Crippen LogP contribution in [-0.4, -0.2) is 44.4 Å². The van der Waals surface area contributed by atoms with E-state index in [1.165, 1.54) is 0 Å². The van der Waals surface area contributed by atoms with Crippen LogP contribution in [0.4, 0.5) is 5.82 Å². The summed E-state index contributed by atoms with van der Waals surface area (Å²) in [5, 5.41) is 12.3. The molecule has 1 unspecified atom stereocenters. The first kappa shape index (κ1) is 11.8. The predicted octanol–water partition coefficient (Wildman–Crippen LogP) is 0.378. The van der Waals surface area contributed by atoms with Crippen LogP contribution in [0.3, 0.4) is 0 Å². The third-order valence-corrected chi connectivity index (χ3v) is 2.75. The van der Waals surface area contributed by atoms with Crippen molar-refractivity contribution in [3.63, 3.8) is 0 Å². The molecule has 2 heterocycles. The first-order valence-corrected chi connectivity index (χ1v) is 5.70. The molecule has 1 saturated heterocycles. The highest BCUT2D eigenvalue weighted by atomic mass is 16.5. The second-order valence-electron chi connectivity index (χ2n) is 4.06. The molecular formula is C12H16N4O. The minimum Gasteiger partial charge on any atom is -0.374 e. The average molecular weight is 232 g/mol. The SMILES string of the molecule is CN(CC1CNCCO1)c1ncccc1C#N. The second-order valence-corrected chi connectivity index (χ2v) is 4.06. The summed E-state index contributed by atoms with van der Waals surface area (Å²) in [6, 6.07) is 5.70. The number of nitriles is 1. The molecule has 0 spiro atoms. The van der Waals surface area contributed by atoms with E-state index in [9.17, 15) is 0 Å². The molecule has 0 radical (unpaired) electrons. The van der Waals surface area contributed by atoms with E-state index in [1.807, 2.05) is 11.9 Å². The number of nitrogens with one attached hydrogen (secondary N) is 1. The van der Waals surface area contributed by atoms with Gasteiger partial charge in [-0.05, 0) is 12.1 Å². The van der Waals surface area contributed by atoms with Crippen molar-refractivity contribution in [2.45, 2.75) is 6.10 Å². The van der Waals surface area contributed by atoms with Crippen LogP contribution in [0.25, 0.3) is 0 Å². The standard InChI is InChI=1S/C12H16N4O/c1-16(9-11-8-14-5-6-17-11)12-10(7-13)3-2-4-15-12/h2-4,11,14H,5-6,8-9H2,1H3. The summed E-state index contributed by atoms with van der Waals surface area (Å²) in [5.41, 5.74) is 0.596. The first-order valence-electron chi connectivity index (χ1n) is 5.70. The summed E-state index contributed by atoms with van der Waals surface area (Å²) in [7, 11) is 1.93. The predicted molar refractivity (Wildman–Crippen MR) is 64.8 cm³/mol. The van der Waals surface area contributed by atoms with Crippen molar-refractivity contribution in [1.82, 2.24) is 10.3 Å². The van der Waals surface area contributed by atoms with Crippen molar-refractivity contribution in [1.29, 1.82) is 5.26 Å². The molecule has 0 bridgehead atoms. The van der Waals surface area contributed by atoms with E-state index in [0.29, 0.717) is 11.4 Å². The van der Waals surface area contributed by atoms with E-state index in [2.05, 4.69) is 16.4 Å². The number of anilines is 1. The molecule has 5 heteroatoms. The third-order valence-electron chi connectivity index (χ3n) is 2.75. The van der Waals surface area contributed by atoms with Gasteiger partial charge in [0.2, 0.25) is 0 Å². The van der Waals surface area contributed by atoms with Gasteiger partial charge < -0.3 is 15.0 Å². The lowest BCUT2D eigenvalue weighted by Gasteiger charge is -2.28. The van der Waals surface area contributed by atoms with Crippen molar-refractivity contribution in [2.75, 3.05) is 38.2 Å². The monoisotopic (exact) mass is 232 g/mol. The normalized spacial score (nSPS) is 19.6. The quantitative estimate of drug-likeness (QED) is 0.816. The topological polar surface area (TPSA) is 61.2 Å². The average Bonchev–Trinajstić information content (AvgIpc) is 2.40. The van der Waals surface area contributed by atoms with Crippen molar-refractivity contribution in [3.8, 4) is 6.07 Å². The minimum absolute atomic E-state index is 0.155. The molecule has 1 aliphatic heterocycles. The highest BCUT2D eigenvalue weighted by Crippen LogP contribution is 2.15. The number of rotatable bonds is 3. The number of aromatic nitrogens is 1. The maximum atomic E-state index is 9.01. The number of morpholine rings is 1. The van der Waals surface area contributed by atoms with Crippen LogP contribution in [0.5, 0.6) is 0 Å².